The quantitative estimate of drug-likeness (QED) is 0.658. The molecular weight excluding hydrogens is 364 g/mol. The van der Waals surface area contributed by atoms with Crippen LogP contribution in [-0.2, 0) is 10.0 Å². The zero-order valence-corrected chi connectivity index (χ0v) is 17.2. The fraction of sp³-hybridized carbons (Fsp3) is 0.400. The first-order chi connectivity index (χ1) is 12.9. The first kappa shape index (κ1) is 20.9. The number of methoxy groups -OCH3 is 2. The van der Waals surface area contributed by atoms with Crippen LogP contribution in [0.5, 0.6) is 11.5 Å². The van der Waals surface area contributed by atoms with Crippen LogP contribution < -0.4 is 19.1 Å². The van der Waals surface area contributed by atoms with Crippen molar-refractivity contribution >= 4 is 21.4 Å². The monoisotopic (exact) mass is 392 g/mol. The maximum absolute atomic E-state index is 12.7. The molecule has 2 rings (SSSR count). The van der Waals surface area contributed by atoms with E-state index in [1.807, 2.05) is 12.1 Å². The first-order valence-electron chi connectivity index (χ1n) is 9.05. The summed E-state index contributed by atoms with van der Waals surface area (Å²) >= 11 is 0. The number of hydrogen-bond acceptors (Lipinski definition) is 5. The van der Waals surface area contributed by atoms with Crippen LogP contribution in [0.15, 0.2) is 47.4 Å². The summed E-state index contributed by atoms with van der Waals surface area (Å²) in [6.07, 6.45) is 2.13. The average molecular weight is 393 g/mol. The van der Waals surface area contributed by atoms with E-state index in [1.165, 1.54) is 26.4 Å². The highest BCUT2D eigenvalue weighted by Crippen LogP contribution is 2.30. The van der Waals surface area contributed by atoms with Gasteiger partial charge in [-0.25, -0.2) is 8.42 Å². The van der Waals surface area contributed by atoms with Gasteiger partial charge in [-0.15, -0.1) is 0 Å². The van der Waals surface area contributed by atoms with Crippen molar-refractivity contribution in [2.24, 2.45) is 0 Å². The number of rotatable bonds is 10. The van der Waals surface area contributed by atoms with Crippen molar-refractivity contribution in [3.05, 3.63) is 42.5 Å². The lowest BCUT2D eigenvalue weighted by Crippen LogP contribution is -2.24. The Morgan fingerprint density at radius 3 is 2.00 bits per heavy atom. The van der Waals surface area contributed by atoms with Gasteiger partial charge in [-0.1, -0.05) is 13.8 Å². The van der Waals surface area contributed by atoms with E-state index in [0.29, 0.717) is 17.2 Å². The van der Waals surface area contributed by atoms with Crippen LogP contribution >= 0.6 is 0 Å². The fourth-order valence-electron chi connectivity index (χ4n) is 2.85. The predicted octanol–water partition coefficient (Wildman–Crippen LogP) is 4.13. The molecule has 0 heterocycles. The molecule has 0 fully saturated rings. The van der Waals surface area contributed by atoms with E-state index in [1.54, 1.807) is 18.2 Å². The summed E-state index contributed by atoms with van der Waals surface area (Å²) in [5.41, 5.74) is 1.61. The number of nitrogens with zero attached hydrogens (tertiary/aromatic N) is 1. The summed E-state index contributed by atoms with van der Waals surface area (Å²) in [6.45, 7) is 6.25. The standard InChI is InChI=1S/C20H28N2O4S/c1-5-13-22(14-6-2)17-9-7-16(8-10-17)21-27(23,24)18-11-12-19(25-3)20(15-18)26-4/h7-12,15,21H,5-6,13-14H2,1-4H3. The molecule has 0 unspecified atom stereocenters. The Morgan fingerprint density at radius 1 is 0.889 bits per heavy atom. The molecule has 0 aliphatic heterocycles. The van der Waals surface area contributed by atoms with E-state index >= 15 is 0 Å². The highest BCUT2D eigenvalue weighted by atomic mass is 32.2. The highest BCUT2D eigenvalue weighted by molar-refractivity contribution is 7.92. The van der Waals surface area contributed by atoms with E-state index in [0.717, 1.165) is 31.6 Å². The number of anilines is 2. The van der Waals surface area contributed by atoms with E-state index in [9.17, 15) is 8.42 Å². The molecule has 0 atom stereocenters. The van der Waals surface area contributed by atoms with Gasteiger partial charge in [-0.05, 0) is 49.2 Å². The van der Waals surface area contributed by atoms with Crippen molar-refractivity contribution < 1.29 is 17.9 Å². The summed E-state index contributed by atoms with van der Waals surface area (Å²) in [6, 6.07) is 12.0. The molecule has 148 valence electrons. The van der Waals surface area contributed by atoms with Gasteiger partial charge < -0.3 is 14.4 Å². The van der Waals surface area contributed by atoms with Crippen LogP contribution in [-0.4, -0.2) is 35.7 Å². The second-order valence-corrected chi connectivity index (χ2v) is 7.84. The maximum Gasteiger partial charge on any atom is 0.262 e. The molecule has 0 amide bonds. The van der Waals surface area contributed by atoms with Crippen molar-refractivity contribution in [1.29, 1.82) is 0 Å². The lowest BCUT2D eigenvalue weighted by atomic mass is 10.2. The number of ether oxygens (including phenoxy) is 2. The normalized spacial score (nSPS) is 11.1. The minimum absolute atomic E-state index is 0.114. The molecule has 1 N–H and O–H groups in total. The minimum atomic E-state index is -3.72. The highest BCUT2D eigenvalue weighted by Gasteiger charge is 2.17. The Labute approximate surface area is 162 Å². The molecule has 0 spiro atoms. The van der Waals surface area contributed by atoms with Crippen molar-refractivity contribution in [3.8, 4) is 11.5 Å². The summed E-state index contributed by atoms with van der Waals surface area (Å²) in [4.78, 5) is 2.41. The molecule has 7 heteroatoms. The second kappa shape index (κ2) is 9.50. The van der Waals surface area contributed by atoms with Gasteiger partial charge in [-0.3, -0.25) is 4.72 Å². The Kier molecular flexibility index (Phi) is 7.36. The van der Waals surface area contributed by atoms with Crippen LogP contribution in [0, 0.1) is 0 Å². The largest absolute Gasteiger partial charge is 0.493 e. The SMILES string of the molecule is CCCN(CCC)c1ccc(NS(=O)(=O)c2ccc(OC)c(OC)c2)cc1. The first-order valence-corrected chi connectivity index (χ1v) is 10.5. The summed E-state index contributed by atoms with van der Waals surface area (Å²) in [5, 5.41) is 0. The molecule has 27 heavy (non-hydrogen) atoms. The molecule has 0 aliphatic rings. The molecule has 0 radical (unpaired) electrons. The van der Waals surface area contributed by atoms with Crippen LogP contribution in [0.4, 0.5) is 11.4 Å². The summed E-state index contributed by atoms with van der Waals surface area (Å²) in [5.74, 6) is 0.846. The Morgan fingerprint density at radius 2 is 1.48 bits per heavy atom. The Bertz CT molecular complexity index is 830. The molecule has 0 aromatic heterocycles. The van der Waals surface area contributed by atoms with Crippen LogP contribution in [0.3, 0.4) is 0 Å². The number of hydrogen-bond donors (Lipinski definition) is 1. The van der Waals surface area contributed by atoms with Crippen molar-refractivity contribution in [2.45, 2.75) is 31.6 Å². The number of benzene rings is 2. The van der Waals surface area contributed by atoms with Crippen LogP contribution in [0.2, 0.25) is 0 Å². The van der Waals surface area contributed by atoms with Crippen molar-refractivity contribution in [2.75, 3.05) is 36.9 Å². The molecule has 2 aromatic rings. The predicted molar refractivity (Wildman–Crippen MR) is 110 cm³/mol. The van der Waals surface area contributed by atoms with Crippen LogP contribution in [0.1, 0.15) is 26.7 Å². The van der Waals surface area contributed by atoms with Crippen molar-refractivity contribution in [3.63, 3.8) is 0 Å². The van der Waals surface area contributed by atoms with Gasteiger partial charge in [0.25, 0.3) is 10.0 Å². The van der Waals surface area contributed by atoms with Gasteiger partial charge in [0.05, 0.1) is 19.1 Å². The zero-order valence-electron chi connectivity index (χ0n) is 16.4. The zero-order chi connectivity index (χ0) is 19.9. The lowest BCUT2D eigenvalue weighted by molar-refractivity contribution is 0.354. The third-order valence-corrected chi connectivity index (χ3v) is 5.52. The molecule has 0 saturated carbocycles. The van der Waals surface area contributed by atoms with Gasteiger partial charge in [0.2, 0.25) is 0 Å². The summed E-state index contributed by atoms with van der Waals surface area (Å²) in [7, 11) is -0.746. The van der Waals surface area contributed by atoms with Crippen molar-refractivity contribution in [1.82, 2.24) is 0 Å². The molecule has 0 bridgehead atoms. The van der Waals surface area contributed by atoms with E-state index in [-0.39, 0.29) is 4.90 Å². The average Bonchev–Trinajstić information content (AvgIpc) is 2.67. The third-order valence-electron chi connectivity index (χ3n) is 4.14. The fourth-order valence-corrected chi connectivity index (χ4v) is 3.92. The summed E-state index contributed by atoms with van der Waals surface area (Å²) < 4.78 is 38.3. The molecule has 2 aromatic carbocycles. The Hall–Kier alpha value is -2.41. The van der Waals surface area contributed by atoms with Gasteiger partial charge in [0.1, 0.15) is 0 Å². The van der Waals surface area contributed by atoms with Gasteiger partial charge in [0, 0.05) is 30.5 Å². The van der Waals surface area contributed by atoms with Crippen LogP contribution in [0.25, 0.3) is 0 Å². The molecule has 0 aliphatic carbocycles. The lowest BCUT2D eigenvalue weighted by Gasteiger charge is -2.24. The van der Waals surface area contributed by atoms with Gasteiger partial charge in [-0.2, -0.15) is 0 Å². The smallest absolute Gasteiger partial charge is 0.262 e. The topological polar surface area (TPSA) is 67.9 Å². The molecule has 6 nitrogen and oxygen atoms in total. The van der Waals surface area contributed by atoms with E-state index < -0.39 is 10.0 Å². The number of nitrogens with one attached hydrogen (secondary N) is 1. The number of sulfonamides is 1. The Balaban J connectivity index is 2.20. The molecule has 0 saturated heterocycles. The van der Waals surface area contributed by atoms with E-state index in [2.05, 4.69) is 23.5 Å². The minimum Gasteiger partial charge on any atom is -0.493 e. The van der Waals surface area contributed by atoms with E-state index in [4.69, 9.17) is 9.47 Å². The molecular formula is C20H28N2O4S. The second-order valence-electron chi connectivity index (χ2n) is 6.16. The van der Waals surface area contributed by atoms with Gasteiger partial charge >= 0.3 is 0 Å². The maximum atomic E-state index is 12.7. The van der Waals surface area contributed by atoms with Gasteiger partial charge in [0.15, 0.2) is 11.5 Å². The third kappa shape index (κ3) is 5.29.